The standard InChI is InChI=1S/C15H21FN4O/c1-11-9-17-15(19-11)18-10-12-8-13(16)2-3-14(12)20-4-6-21-7-5-20/h2-3,8,11H,4-7,9-10H2,1H3,(H2,17,18,19). The van der Waals surface area contributed by atoms with Crippen LogP contribution >= 0.6 is 0 Å². The predicted molar refractivity (Wildman–Crippen MR) is 81.2 cm³/mol. The van der Waals surface area contributed by atoms with Gasteiger partial charge in [0.05, 0.1) is 19.8 Å². The Hall–Kier alpha value is -1.82. The molecule has 0 saturated carbocycles. The van der Waals surface area contributed by atoms with Gasteiger partial charge in [0.2, 0.25) is 0 Å². The van der Waals surface area contributed by atoms with E-state index < -0.39 is 0 Å². The predicted octanol–water partition coefficient (Wildman–Crippen LogP) is 1.10. The highest BCUT2D eigenvalue weighted by Gasteiger charge is 2.17. The molecule has 1 aromatic rings. The maximum atomic E-state index is 13.6. The lowest BCUT2D eigenvalue weighted by Crippen LogP contribution is -2.39. The molecule has 1 unspecified atom stereocenters. The first-order valence-corrected chi connectivity index (χ1v) is 7.38. The number of rotatable bonds is 3. The molecule has 0 spiro atoms. The summed E-state index contributed by atoms with van der Waals surface area (Å²) in [5, 5.41) is 6.50. The minimum atomic E-state index is -0.210. The molecule has 2 aliphatic heterocycles. The van der Waals surface area contributed by atoms with Gasteiger partial charge < -0.3 is 20.3 Å². The van der Waals surface area contributed by atoms with Crippen LogP contribution in [0, 0.1) is 5.82 Å². The molecule has 0 bridgehead atoms. The molecule has 2 heterocycles. The lowest BCUT2D eigenvalue weighted by Gasteiger charge is -2.30. The molecule has 2 N–H and O–H groups in total. The van der Waals surface area contributed by atoms with Crippen molar-refractivity contribution in [2.45, 2.75) is 19.5 Å². The number of morpholine rings is 1. The Labute approximate surface area is 124 Å². The van der Waals surface area contributed by atoms with Crippen molar-refractivity contribution in [1.29, 1.82) is 0 Å². The second kappa shape index (κ2) is 6.30. The zero-order chi connectivity index (χ0) is 14.7. The van der Waals surface area contributed by atoms with E-state index in [1.54, 1.807) is 6.07 Å². The number of anilines is 1. The van der Waals surface area contributed by atoms with Crippen LogP contribution in [0.3, 0.4) is 0 Å². The van der Waals surface area contributed by atoms with E-state index >= 15 is 0 Å². The Bertz CT molecular complexity index is 528. The first-order valence-electron chi connectivity index (χ1n) is 7.38. The fourth-order valence-corrected chi connectivity index (χ4v) is 2.65. The Kier molecular flexibility index (Phi) is 4.24. The van der Waals surface area contributed by atoms with Crippen molar-refractivity contribution < 1.29 is 9.13 Å². The minimum Gasteiger partial charge on any atom is -0.378 e. The summed E-state index contributed by atoms with van der Waals surface area (Å²) >= 11 is 0. The monoisotopic (exact) mass is 292 g/mol. The van der Waals surface area contributed by atoms with Gasteiger partial charge in [-0.15, -0.1) is 0 Å². The van der Waals surface area contributed by atoms with E-state index in [1.807, 2.05) is 6.07 Å². The molecule has 6 heteroatoms. The Balaban J connectivity index is 1.71. The van der Waals surface area contributed by atoms with Gasteiger partial charge in [-0.3, -0.25) is 4.99 Å². The van der Waals surface area contributed by atoms with Crippen LogP contribution in [-0.2, 0) is 11.3 Å². The summed E-state index contributed by atoms with van der Waals surface area (Å²) in [6, 6.07) is 5.32. The topological polar surface area (TPSA) is 48.9 Å². The molecule has 1 atom stereocenters. The summed E-state index contributed by atoms with van der Waals surface area (Å²) in [4.78, 5) is 6.61. The number of halogens is 1. The zero-order valence-corrected chi connectivity index (χ0v) is 12.2. The van der Waals surface area contributed by atoms with Crippen molar-refractivity contribution >= 4 is 11.6 Å². The molecule has 21 heavy (non-hydrogen) atoms. The molecule has 1 aromatic carbocycles. The van der Waals surface area contributed by atoms with Gasteiger partial charge in [0.25, 0.3) is 0 Å². The van der Waals surface area contributed by atoms with Crippen molar-refractivity contribution in [1.82, 2.24) is 10.6 Å². The second-order valence-corrected chi connectivity index (χ2v) is 5.46. The number of benzene rings is 1. The highest BCUT2D eigenvalue weighted by atomic mass is 19.1. The highest BCUT2D eigenvalue weighted by molar-refractivity contribution is 5.81. The SMILES string of the molecule is CC1CN=C(NCc2cc(F)ccc2N2CCOCC2)N1. The quantitative estimate of drug-likeness (QED) is 0.876. The van der Waals surface area contributed by atoms with Gasteiger partial charge in [0.15, 0.2) is 5.96 Å². The Morgan fingerprint density at radius 3 is 2.95 bits per heavy atom. The summed E-state index contributed by atoms with van der Waals surface area (Å²) in [5.74, 6) is 0.582. The smallest absolute Gasteiger partial charge is 0.191 e. The maximum Gasteiger partial charge on any atom is 0.191 e. The van der Waals surface area contributed by atoms with E-state index in [1.165, 1.54) is 6.07 Å². The Morgan fingerprint density at radius 1 is 1.43 bits per heavy atom. The molecule has 2 aliphatic rings. The second-order valence-electron chi connectivity index (χ2n) is 5.46. The van der Waals surface area contributed by atoms with Gasteiger partial charge in [-0.1, -0.05) is 0 Å². The number of guanidine groups is 1. The molecule has 0 radical (unpaired) electrons. The van der Waals surface area contributed by atoms with E-state index in [0.717, 1.165) is 50.1 Å². The third kappa shape index (κ3) is 3.44. The van der Waals surface area contributed by atoms with Crippen LogP contribution in [0.2, 0.25) is 0 Å². The van der Waals surface area contributed by atoms with Crippen molar-refractivity contribution in [2.24, 2.45) is 4.99 Å². The number of nitrogens with one attached hydrogen (secondary N) is 2. The number of nitrogens with zero attached hydrogens (tertiary/aromatic N) is 2. The van der Waals surface area contributed by atoms with E-state index in [0.29, 0.717) is 12.6 Å². The molecule has 1 saturated heterocycles. The van der Waals surface area contributed by atoms with Crippen LogP contribution in [-0.4, -0.2) is 44.8 Å². The fourth-order valence-electron chi connectivity index (χ4n) is 2.65. The first kappa shape index (κ1) is 14.1. The number of hydrogen-bond donors (Lipinski definition) is 2. The Morgan fingerprint density at radius 2 is 2.24 bits per heavy atom. The van der Waals surface area contributed by atoms with E-state index in [2.05, 4.69) is 27.4 Å². The highest BCUT2D eigenvalue weighted by Crippen LogP contribution is 2.22. The molecule has 114 valence electrons. The summed E-state index contributed by atoms with van der Waals surface area (Å²) in [6.45, 7) is 6.54. The summed E-state index contributed by atoms with van der Waals surface area (Å²) < 4.78 is 18.9. The van der Waals surface area contributed by atoms with Crippen molar-refractivity contribution in [3.8, 4) is 0 Å². The molecule has 5 nitrogen and oxygen atoms in total. The van der Waals surface area contributed by atoms with Crippen LogP contribution in [0.1, 0.15) is 12.5 Å². The number of ether oxygens (including phenoxy) is 1. The average Bonchev–Trinajstić information content (AvgIpc) is 2.92. The maximum absolute atomic E-state index is 13.6. The number of hydrogen-bond acceptors (Lipinski definition) is 5. The van der Waals surface area contributed by atoms with Gasteiger partial charge in [-0.25, -0.2) is 4.39 Å². The largest absolute Gasteiger partial charge is 0.378 e. The van der Waals surface area contributed by atoms with Crippen LogP contribution < -0.4 is 15.5 Å². The van der Waals surface area contributed by atoms with E-state index in [4.69, 9.17) is 4.74 Å². The number of aliphatic imine (C=N–C) groups is 1. The van der Waals surface area contributed by atoms with Gasteiger partial charge in [-0.05, 0) is 30.7 Å². The molecule has 3 rings (SSSR count). The molecule has 0 aromatic heterocycles. The normalized spacial score (nSPS) is 21.9. The van der Waals surface area contributed by atoms with Crippen LogP contribution in [0.5, 0.6) is 0 Å². The zero-order valence-electron chi connectivity index (χ0n) is 12.2. The summed E-state index contributed by atoms with van der Waals surface area (Å²) in [7, 11) is 0. The van der Waals surface area contributed by atoms with Gasteiger partial charge in [0.1, 0.15) is 5.82 Å². The molecule has 0 amide bonds. The molecule has 1 fully saturated rings. The van der Waals surface area contributed by atoms with Crippen LogP contribution in [0.4, 0.5) is 10.1 Å². The third-order valence-corrected chi connectivity index (χ3v) is 3.75. The van der Waals surface area contributed by atoms with Crippen LogP contribution in [0.25, 0.3) is 0 Å². The van der Waals surface area contributed by atoms with Crippen molar-refractivity contribution in [2.75, 3.05) is 37.7 Å². The lowest BCUT2D eigenvalue weighted by atomic mass is 10.1. The minimum absolute atomic E-state index is 0.210. The van der Waals surface area contributed by atoms with Crippen molar-refractivity contribution in [3.05, 3.63) is 29.6 Å². The van der Waals surface area contributed by atoms with E-state index in [9.17, 15) is 4.39 Å². The van der Waals surface area contributed by atoms with Gasteiger partial charge >= 0.3 is 0 Å². The first-order chi connectivity index (χ1) is 10.2. The summed E-state index contributed by atoms with van der Waals surface area (Å²) in [5.41, 5.74) is 2.01. The van der Waals surface area contributed by atoms with E-state index in [-0.39, 0.29) is 5.82 Å². The summed E-state index contributed by atoms with van der Waals surface area (Å²) in [6.07, 6.45) is 0. The fraction of sp³-hybridized carbons (Fsp3) is 0.533. The molecular formula is C15H21FN4O. The van der Waals surface area contributed by atoms with Crippen LogP contribution in [0.15, 0.2) is 23.2 Å². The third-order valence-electron chi connectivity index (χ3n) is 3.75. The van der Waals surface area contributed by atoms with Gasteiger partial charge in [-0.2, -0.15) is 0 Å². The van der Waals surface area contributed by atoms with Crippen molar-refractivity contribution in [3.63, 3.8) is 0 Å². The average molecular weight is 292 g/mol. The molecular weight excluding hydrogens is 271 g/mol. The molecule has 0 aliphatic carbocycles. The lowest BCUT2D eigenvalue weighted by molar-refractivity contribution is 0.122. The van der Waals surface area contributed by atoms with Gasteiger partial charge in [0, 0.05) is 31.4 Å².